The highest BCUT2D eigenvalue weighted by atomic mass is 16.6. The van der Waals surface area contributed by atoms with Gasteiger partial charge in [-0.3, -0.25) is 0 Å². The van der Waals surface area contributed by atoms with E-state index in [4.69, 9.17) is 15.2 Å². The number of hydrogen-bond acceptors (Lipinski definition) is 5. The van der Waals surface area contributed by atoms with E-state index in [9.17, 15) is 0 Å². The topological polar surface area (TPSA) is 59.8 Å². The number of nitrogens with zero attached hydrogens (tertiary/aromatic N) is 1. The van der Waals surface area contributed by atoms with E-state index in [0.29, 0.717) is 13.2 Å². The van der Waals surface area contributed by atoms with Crippen LogP contribution in [0.5, 0.6) is 11.5 Å². The molecule has 1 fully saturated rings. The molecule has 1 atom stereocenters. The summed E-state index contributed by atoms with van der Waals surface area (Å²) < 4.78 is 11.7. The van der Waals surface area contributed by atoms with Gasteiger partial charge >= 0.3 is 0 Å². The van der Waals surface area contributed by atoms with Crippen molar-refractivity contribution < 1.29 is 9.47 Å². The van der Waals surface area contributed by atoms with Crippen LogP contribution in [0.2, 0.25) is 0 Å². The van der Waals surface area contributed by atoms with Gasteiger partial charge in [0.2, 0.25) is 0 Å². The van der Waals surface area contributed by atoms with Crippen LogP contribution in [0.1, 0.15) is 18.5 Å². The molecule has 0 saturated carbocycles. The second kappa shape index (κ2) is 5.27. The Balaban J connectivity index is 2.00. The van der Waals surface area contributed by atoms with E-state index in [1.165, 1.54) is 0 Å². The second-order valence-electron chi connectivity index (χ2n) is 5.05. The zero-order valence-electron chi connectivity index (χ0n) is 11.3. The average Bonchev–Trinajstić information content (AvgIpc) is 2.47. The summed E-state index contributed by atoms with van der Waals surface area (Å²) in [6.07, 6.45) is 0. The van der Waals surface area contributed by atoms with Crippen LogP contribution in [0.3, 0.4) is 0 Å². The van der Waals surface area contributed by atoms with Crippen LogP contribution in [-0.4, -0.2) is 39.4 Å². The van der Waals surface area contributed by atoms with Gasteiger partial charge < -0.3 is 25.4 Å². The number of rotatable bonds is 2. The van der Waals surface area contributed by atoms with Gasteiger partial charge in [-0.15, -0.1) is 0 Å². The van der Waals surface area contributed by atoms with Gasteiger partial charge in [-0.2, -0.15) is 0 Å². The van der Waals surface area contributed by atoms with E-state index < -0.39 is 0 Å². The lowest BCUT2D eigenvalue weighted by atomic mass is 10.0. The summed E-state index contributed by atoms with van der Waals surface area (Å²) in [5.41, 5.74) is 8.15. The quantitative estimate of drug-likeness (QED) is 0.830. The molecular formula is C14H21N3O2. The molecule has 0 spiro atoms. The second-order valence-corrected chi connectivity index (χ2v) is 5.05. The summed E-state index contributed by atoms with van der Waals surface area (Å²) in [6.45, 7) is 7.17. The van der Waals surface area contributed by atoms with Crippen LogP contribution in [0.15, 0.2) is 12.1 Å². The monoisotopic (exact) mass is 263 g/mol. The van der Waals surface area contributed by atoms with Crippen molar-refractivity contribution in [3.8, 4) is 11.5 Å². The van der Waals surface area contributed by atoms with Gasteiger partial charge in [-0.25, -0.2) is 0 Å². The number of piperazine rings is 1. The first kappa shape index (κ1) is 12.6. The summed E-state index contributed by atoms with van der Waals surface area (Å²) in [6, 6.07) is 4.13. The van der Waals surface area contributed by atoms with Crippen LogP contribution < -0.4 is 25.4 Å². The Morgan fingerprint density at radius 1 is 1.16 bits per heavy atom. The maximum Gasteiger partial charge on any atom is 0.185 e. The Hall–Kier alpha value is -1.46. The highest BCUT2D eigenvalue weighted by Crippen LogP contribution is 2.43. The number of anilines is 1. The van der Waals surface area contributed by atoms with Gasteiger partial charge in [0.25, 0.3) is 0 Å². The molecule has 0 radical (unpaired) electrons. The molecular weight excluding hydrogens is 242 g/mol. The van der Waals surface area contributed by atoms with Crippen LogP contribution in [0.4, 0.5) is 5.69 Å². The fourth-order valence-corrected chi connectivity index (χ4v) is 2.66. The Labute approximate surface area is 113 Å². The van der Waals surface area contributed by atoms with Gasteiger partial charge in [0, 0.05) is 37.8 Å². The van der Waals surface area contributed by atoms with Gasteiger partial charge in [0.15, 0.2) is 11.5 Å². The number of nitrogens with one attached hydrogen (secondary N) is 1. The van der Waals surface area contributed by atoms with E-state index in [-0.39, 0.29) is 6.04 Å². The highest BCUT2D eigenvalue weighted by Gasteiger charge is 2.25. The first-order valence-corrected chi connectivity index (χ1v) is 6.91. The maximum atomic E-state index is 6.01. The summed E-state index contributed by atoms with van der Waals surface area (Å²) in [4.78, 5) is 2.34. The normalized spacial score (nSPS) is 20.2. The predicted octanol–water partition coefficient (Wildman–Crippen LogP) is 0.887. The minimum Gasteiger partial charge on any atom is -0.486 e. The molecule has 19 heavy (non-hydrogen) atoms. The lowest BCUT2D eigenvalue weighted by molar-refractivity contribution is 0.169. The number of benzene rings is 1. The molecule has 5 nitrogen and oxygen atoms in total. The van der Waals surface area contributed by atoms with Gasteiger partial charge in [0.05, 0.1) is 5.69 Å². The third-order valence-electron chi connectivity index (χ3n) is 3.65. The predicted molar refractivity (Wildman–Crippen MR) is 75.1 cm³/mol. The Morgan fingerprint density at radius 2 is 1.84 bits per heavy atom. The Kier molecular flexibility index (Phi) is 3.48. The molecule has 1 unspecified atom stereocenters. The number of fused-ring (bicyclic) bond motifs is 1. The SMILES string of the molecule is CC(N)c1ccc(N2CCNCC2)c2c1OCCO2. The van der Waals surface area contributed by atoms with Crippen LogP contribution >= 0.6 is 0 Å². The first-order chi connectivity index (χ1) is 9.27. The van der Waals surface area contributed by atoms with Crippen molar-refractivity contribution in [2.75, 3.05) is 44.3 Å². The highest BCUT2D eigenvalue weighted by molar-refractivity contribution is 5.68. The number of ether oxygens (including phenoxy) is 2. The fraction of sp³-hybridized carbons (Fsp3) is 0.571. The van der Waals surface area contributed by atoms with Crippen LogP contribution in [0, 0.1) is 0 Å². The smallest absolute Gasteiger partial charge is 0.185 e. The number of hydrogen-bond donors (Lipinski definition) is 2. The van der Waals surface area contributed by atoms with Crippen molar-refractivity contribution >= 4 is 5.69 Å². The van der Waals surface area contributed by atoms with E-state index in [0.717, 1.165) is 48.9 Å². The molecule has 2 aliphatic heterocycles. The van der Waals surface area contributed by atoms with E-state index >= 15 is 0 Å². The van der Waals surface area contributed by atoms with Crippen LogP contribution in [0.25, 0.3) is 0 Å². The minimum absolute atomic E-state index is 0.0486. The molecule has 1 aromatic rings. The summed E-state index contributed by atoms with van der Waals surface area (Å²) in [7, 11) is 0. The molecule has 1 aromatic carbocycles. The van der Waals surface area contributed by atoms with Crippen molar-refractivity contribution in [2.24, 2.45) is 5.73 Å². The van der Waals surface area contributed by atoms with Gasteiger partial charge in [0.1, 0.15) is 13.2 Å². The fourth-order valence-electron chi connectivity index (χ4n) is 2.66. The van der Waals surface area contributed by atoms with Crippen molar-refractivity contribution in [1.82, 2.24) is 5.32 Å². The molecule has 3 rings (SSSR count). The third kappa shape index (κ3) is 2.35. The lowest BCUT2D eigenvalue weighted by Gasteiger charge is -2.33. The zero-order chi connectivity index (χ0) is 13.2. The maximum absolute atomic E-state index is 6.01. The van der Waals surface area contributed by atoms with Crippen molar-refractivity contribution in [1.29, 1.82) is 0 Å². The van der Waals surface area contributed by atoms with E-state index in [2.05, 4.69) is 22.3 Å². The first-order valence-electron chi connectivity index (χ1n) is 6.91. The molecule has 2 heterocycles. The summed E-state index contributed by atoms with van der Waals surface area (Å²) in [5.74, 6) is 1.69. The van der Waals surface area contributed by atoms with E-state index in [1.807, 2.05) is 6.92 Å². The van der Waals surface area contributed by atoms with E-state index in [1.54, 1.807) is 0 Å². The summed E-state index contributed by atoms with van der Waals surface area (Å²) >= 11 is 0. The number of nitrogens with two attached hydrogens (primary N) is 1. The summed E-state index contributed by atoms with van der Waals surface area (Å²) in [5, 5.41) is 3.36. The van der Waals surface area contributed by atoms with Crippen molar-refractivity contribution in [3.63, 3.8) is 0 Å². The average molecular weight is 263 g/mol. The largest absolute Gasteiger partial charge is 0.486 e. The molecule has 2 aliphatic rings. The third-order valence-corrected chi connectivity index (χ3v) is 3.65. The standard InChI is InChI=1S/C14H21N3O2/c1-10(15)11-2-3-12(17-6-4-16-5-7-17)14-13(11)18-8-9-19-14/h2-3,10,16H,4-9,15H2,1H3. The molecule has 0 aromatic heterocycles. The van der Waals surface area contributed by atoms with Gasteiger partial charge in [-0.05, 0) is 13.0 Å². The molecule has 0 amide bonds. The Morgan fingerprint density at radius 3 is 2.53 bits per heavy atom. The molecule has 3 N–H and O–H groups in total. The molecule has 0 aliphatic carbocycles. The van der Waals surface area contributed by atoms with Crippen LogP contribution in [-0.2, 0) is 0 Å². The van der Waals surface area contributed by atoms with Crippen molar-refractivity contribution in [3.05, 3.63) is 17.7 Å². The molecule has 0 bridgehead atoms. The zero-order valence-corrected chi connectivity index (χ0v) is 11.3. The lowest BCUT2D eigenvalue weighted by Crippen LogP contribution is -2.43. The Bertz CT molecular complexity index is 456. The molecule has 1 saturated heterocycles. The molecule has 104 valence electrons. The van der Waals surface area contributed by atoms with Gasteiger partial charge in [-0.1, -0.05) is 6.07 Å². The minimum atomic E-state index is -0.0486. The van der Waals surface area contributed by atoms with Crippen molar-refractivity contribution in [2.45, 2.75) is 13.0 Å². The molecule has 5 heteroatoms.